The Balaban J connectivity index is 2.35. The van der Waals surface area contributed by atoms with Crippen molar-refractivity contribution in [2.75, 3.05) is 12.4 Å². The van der Waals surface area contributed by atoms with Gasteiger partial charge in [0.1, 0.15) is 5.75 Å². The maximum atomic E-state index is 9.50. The molecule has 0 atom stereocenters. The summed E-state index contributed by atoms with van der Waals surface area (Å²) in [4.78, 5) is 0. The fraction of sp³-hybridized carbons (Fsp3) is 0.538. The molecular weight excluding hydrogens is 229 g/mol. The van der Waals surface area contributed by atoms with Gasteiger partial charge in [0.05, 0.1) is 11.2 Å². The van der Waals surface area contributed by atoms with E-state index in [9.17, 15) is 5.11 Å². The van der Waals surface area contributed by atoms with E-state index in [-0.39, 0.29) is 17.0 Å². The second kappa shape index (κ2) is 4.18. The Morgan fingerprint density at radius 3 is 2.17 bits per heavy atom. The zero-order valence-electron chi connectivity index (χ0n) is 11.6. The topological polar surface area (TPSA) is 50.7 Å². The molecule has 5 heteroatoms. The first-order chi connectivity index (χ1) is 8.27. The summed E-state index contributed by atoms with van der Waals surface area (Å²) >= 11 is 0. The van der Waals surface area contributed by atoms with Gasteiger partial charge < -0.3 is 19.7 Å². The lowest BCUT2D eigenvalue weighted by Crippen LogP contribution is -2.41. The van der Waals surface area contributed by atoms with Crippen LogP contribution in [0.15, 0.2) is 18.2 Å². The van der Waals surface area contributed by atoms with Crippen LogP contribution in [0.1, 0.15) is 27.7 Å². The third-order valence-corrected chi connectivity index (χ3v) is 3.81. The van der Waals surface area contributed by atoms with Crippen LogP contribution in [-0.2, 0) is 9.31 Å². The van der Waals surface area contributed by atoms with Crippen molar-refractivity contribution in [3.63, 3.8) is 0 Å². The summed E-state index contributed by atoms with van der Waals surface area (Å²) < 4.78 is 12.0. The molecule has 0 saturated carbocycles. The van der Waals surface area contributed by atoms with E-state index >= 15 is 0 Å². The van der Waals surface area contributed by atoms with Crippen molar-refractivity contribution >= 4 is 18.3 Å². The van der Waals surface area contributed by atoms with Gasteiger partial charge in [-0.05, 0) is 33.8 Å². The lowest BCUT2D eigenvalue weighted by Gasteiger charge is -2.32. The van der Waals surface area contributed by atoms with Gasteiger partial charge in [-0.15, -0.1) is 0 Å². The fourth-order valence-electron chi connectivity index (χ4n) is 1.94. The van der Waals surface area contributed by atoms with Gasteiger partial charge in [0.15, 0.2) is 0 Å². The van der Waals surface area contributed by atoms with Gasteiger partial charge >= 0.3 is 7.12 Å². The van der Waals surface area contributed by atoms with Gasteiger partial charge in [-0.3, -0.25) is 0 Å². The summed E-state index contributed by atoms with van der Waals surface area (Å²) in [5.74, 6) is 0.222. The number of phenolic OH excluding ortho intramolecular Hbond substituents is 1. The Hall–Kier alpha value is -1.20. The van der Waals surface area contributed by atoms with Gasteiger partial charge in [0, 0.05) is 24.3 Å². The lowest BCUT2D eigenvalue weighted by molar-refractivity contribution is 0.00578. The maximum Gasteiger partial charge on any atom is 0.496 e. The Bertz CT molecular complexity index is 444. The van der Waals surface area contributed by atoms with E-state index < -0.39 is 7.12 Å². The number of phenols is 1. The lowest BCUT2D eigenvalue weighted by atomic mass is 9.77. The van der Waals surface area contributed by atoms with E-state index in [1.807, 2.05) is 40.8 Å². The second-order valence-corrected chi connectivity index (χ2v) is 5.61. The van der Waals surface area contributed by atoms with Crippen molar-refractivity contribution in [3.05, 3.63) is 18.2 Å². The van der Waals surface area contributed by atoms with Gasteiger partial charge in [-0.25, -0.2) is 0 Å². The molecule has 1 aromatic carbocycles. The molecule has 2 N–H and O–H groups in total. The van der Waals surface area contributed by atoms with E-state index in [0.29, 0.717) is 0 Å². The molecule has 0 unspecified atom stereocenters. The quantitative estimate of drug-likeness (QED) is 0.784. The monoisotopic (exact) mass is 249 g/mol. The minimum Gasteiger partial charge on any atom is -0.508 e. The zero-order chi connectivity index (χ0) is 13.6. The number of rotatable bonds is 2. The van der Waals surface area contributed by atoms with Crippen molar-refractivity contribution in [2.45, 2.75) is 38.9 Å². The fourth-order valence-corrected chi connectivity index (χ4v) is 1.94. The van der Waals surface area contributed by atoms with E-state index in [1.54, 1.807) is 12.1 Å². The summed E-state index contributed by atoms with van der Waals surface area (Å²) in [5.41, 5.74) is 0.989. The normalized spacial score (nSPS) is 21.1. The first-order valence-corrected chi connectivity index (χ1v) is 6.13. The molecule has 1 aromatic rings. The van der Waals surface area contributed by atoms with Crippen LogP contribution in [0.4, 0.5) is 5.69 Å². The van der Waals surface area contributed by atoms with Crippen LogP contribution in [0.25, 0.3) is 0 Å². The first-order valence-electron chi connectivity index (χ1n) is 6.13. The summed E-state index contributed by atoms with van der Waals surface area (Å²) in [6.07, 6.45) is 0. The summed E-state index contributed by atoms with van der Waals surface area (Å²) in [6.45, 7) is 8.08. The third-order valence-electron chi connectivity index (χ3n) is 3.81. The molecule has 0 radical (unpaired) electrons. The highest BCUT2D eigenvalue weighted by Gasteiger charge is 2.52. The average Bonchev–Trinajstić information content (AvgIpc) is 2.47. The zero-order valence-corrected chi connectivity index (χ0v) is 11.6. The predicted octanol–water partition coefficient (Wildman–Crippen LogP) is 1.73. The van der Waals surface area contributed by atoms with E-state index in [2.05, 4.69) is 5.32 Å². The maximum absolute atomic E-state index is 9.50. The van der Waals surface area contributed by atoms with Crippen LogP contribution in [-0.4, -0.2) is 30.5 Å². The molecule has 1 aliphatic rings. The molecule has 18 heavy (non-hydrogen) atoms. The summed E-state index contributed by atoms with van der Waals surface area (Å²) in [6, 6.07) is 5.13. The Morgan fingerprint density at radius 1 is 1.11 bits per heavy atom. The number of anilines is 1. The molecule has 98 valence electrons. The van der Waals surface area contributed by atoms with Crippen LogP contribution < -0.4 is 10.8 Å². The van der Waals surface area contributed by atoms with Crippen LogP contribution >= 0.6 is 0 Å². The minimum absolute atomic E-state index is 0.222. The third kappa shape index (κ3) is 2.08. The molecule has 2 rings (SSSR count). The van der Waals surface area contributed by atoms with Crippen LogP contribution in [0.2, 0.25) is 0 Å². The Labute approximate surface area is 108 Å². The second-order valence-electron chi connectivity index (χ2n) is 5.61. The van der Waals surface area contributed by atoms with Crippen molar-refractivity contribution in [2.24, 2.45) is 0 Å². The smallest absolute Gasteiger partial charge is 0.496 e. The van der Waals surface area contributed by atoms with E-state index in [0.717, 1.165) is 11.2 Å². The van der Waals surface area contributed by atoms with Crippen molar-refractivity contribution in [1.82, 2.24) is 0 Å². The molecule has 0 bridgehead atoms. The molecule has 1 fully saturated rings. The SMILES string of the molecule is CNc1cc(O)ccc1B1OC(C)(C)C(C)(C)O1. The average molecular weight is 249 g/mol. The van der Waals surface area contributed by atoms with Crippen LogP contribution in [0.5, 0.6) is 5.75 Å². The van der Waals surface area contributed by atoms with Gasteiger partial charge in [-0.2, -0.15) is 0 Å². The van der Waals surface area contributed by atoms with Gasteiger partial charge in [0.25, 0.3) is 0 Å². The number of hydrogen-bond acceptors (Lipinski definition) is 4. The molecule has 0 aromatic heterocycles. The molecule has 0 amide bonds. The molecule has 4 nitrogen and oxygen atoms in total. The van der Waals surface area contributed by atoms with Gasteiger partial charge in [0.2, 0.25) is 0 Å². The number of aromatic hydroxyl groups is 1. The van der Waals surface area contributed by atoms with Crippen LogP contribution in [0, 0.1) is 0 Å². The predicted molar refractivity (Wildman–Crippen MR) is 73.4 cm³/mol. The highest BCUT2D eigenvalue weighted by atomic mass is 16.7. The Morgan fingerprint density at radius 2 is 1.67 bits per heavy atom. The standard InChI is InChI=1S/C13H20BNO3/c1-12(2)13(3,4)18-14(17-12)10-7-6-9(16)8-11(10)15-5/h6-8,15-16H,1-5H3. The first kappa shape index (κ1) is 13.2. The van der Waals surface area contributed by atoms with E-state index in [1.165, 1.54) is 0 Å². The largest absolute Gasteiger partial charge is 0.508 e. The molecular formula is C13H20BNO3. The number of nitrogens with one attached hydrogen (secondary N) is 1. The Kier molecular flexibility index (Phi) is 3.07. The minimum atomic E-state index is -0.418. The number of benzene rings is 1. The highest BCUT2D eigenvalue weighted by Crippen LogP contribution is 2.37. The molecule has 0 aliphatic carbocycles. The number of hydrogen-bond donors (Lipinski definition) is 2. The molecule has 1 aliphatic heterocycles. The van der Waals surface area contributed by atoms with Crippen LogP contribution in [0.3, 0.4) is 0 Å². The summed E-state index contributed by atoms with van der Waals surface area (Å²) in [7, 11) is 1.39. The van der Waals surface area contributed by atoms with Crippen molar-refractivity contribution < 1.29 is 14.4 Å². The van der Waals surface area contributed by atoms with Gasteiger partial charge in [-0.1, -0.05) is 6.07 Å². The molecule has 1 saturated heterocycles. The molecule has 1 heterocycles. The summed E-state index contributed by atoms with van der Waals surface area (Å²) in [5, 5.41) is 12.5. The van der Waals surface area contributed by atoms with E-state index in [4.69, 9.17) is 9.31 Å². The highest BCUT2D eigenvalue weighted by molar-refractivity contribution is 6.64. The van der Waals surface area contributed by atoms with Crippen molar-refractivity contribution in [3.8, 4) is 5.75 Å². The molecule has 0 spiro atoms. The van der Waals surface area contributed by atoms with Crippen molar-refractivity contribution in [1.29, 1.82) is 0 Å².